The van der Waals surface area contributed by atoms with E-state index in [0.717, 1.165) is 0 Å². The van der Waals surface area contributed by atoms with Crippen molar-refractivity contribution in [2.75, 3.05) is 0 Å². The number of benzene rings is 2. The van der Waals surface area contributed by atoms with Crippen molar-refractivity contribution in [2.24, 2.45) is 0 Å². The van der Waals surface area contributed by atoms with Crippen molar-refractivity contribution >= 4 is 11.9 Å². The molecule has 0 aromatic heterocycles. The first-order chi connectivity index (χ1) is 12.2. The molecule has 2 aromatic rings. The molecule has 2 rings (SSSR count). The summed E-state index contributed by atoms with van der Waals surface area (Å²) in [5, 5.41) is 17.9. The summed E-state index contributed by atoms with van der Waals surface area (Å²) < 4.78 is 9.91. The van der Waals surface area contributed by atoms with Gasteiger partial charge in [-0.2, -0.15) is 0 Å². The maximum atomic E-state index is 11.3. The summed E-state index contributed by atoms with van der Waals surface area (Å²) in [4.78, 5) is 22.5. The fourth-order valence-corrected chi connectivity index (χ4v) is 1.76. The molecule has 2 aromatic carbocycles. The van der Waals surface area contributed by atoms with E-state index in [4.69, 9.17) is 19.7 Å². The SMILES string of the molecule is CC(C)OC(=O)c1ccc(O)cc1.CC(C)OC(=O)c1ccc(O)cc1.[Zn]. The van der Waals surface area contributed by atoms with Crippen LogP contribution in [0, 0.1) is 0 Å². The van der Waals surface area contributed by atoms with Gasteiger partial charge in [-0.1, -0.05) is 0 Å². The van der Waals surface area contributed by atoms with Crippen LogP contribution in [0.1, 0.15) is 48.4 Å². The van der Waals surface area contributed by atoms with E-state index in [1.165, 1.54) is 48.5 Å². The Balaban J connectivity index is 0.000000483. The quantitative estimate of drug-likeness (QED) is 0.570. The Kier molecular flexibility index (Phi) is 11.0. The molecule has 2 N–H and O–H groups in total. The molecule has 0 amide bonds. The maximum Gasteiger partial charge on any atom is 0.338 e. The van der Waals surface area contributed by atoms with Gasteiger partial charge in [-0.15, -0.1) is 0 Å². The van der Waals surface area contributed by atoms with Gasteiger partial charge in [0.05, 0.1) is 23.3 Å². The van der Waals surface area contributed by atoms with Crippen LogP contribution in [0.5, 0.6) is 11.5 Å². The summed E-state index contributed by atoms with van der Waals surface area (Å²) in [6.07, 6.45) is -0.248. The van der Waals surface area contributed by atoms with Crippen LogP contribution in [0.4, 0.5) is 0 Å². The zero-order valence-electron chi connectivity index (χ0n) is 16.0. The molecule has 0 fully saturated rings. The third-order valence-corrected chi connectivity index (χ3v) is 2.89. The third-order valence-electron chi connectivity index (χ3n) is 2.89. The van der Waals surface area contributed by atoms with E-state index in [9.17, 15) is 9.59 Å². The molecule has 27 heavy (non-hydrogen) atoms. The predicted octanol–water partition coefficient (Wildman–Crippen LogP) is 3.91. The Morgan fingerprint density at radius 2 is 0.926 bits per heavy atom. The standard InChI is InChI=1S/2C10H12O3.Zn/c2*1-7(2)13-10(12)8-3-5-9(11)6-4-8;/h2*3-7,11H,1-2H3;. The van der Waals surface area contributed by atoms with Gasteiger partial charge < -0.3 is 19.7 Å². The van der Waals surface area contributed by atoms with Gasteiger partial charge in [0.25, 0.3) is 0 Å². The largest absolute Gasteiger partial charge is 0.508 e. The summed E-state index contributed by atoms with van der Waals surface area (Å²) in [5.41, 5.74) is 0.901. The Labute approximate surface area is 171 Å². The summed E-state index contributed by atoms with van der Waals surface area (Å²) in [7, 11) is 0. The molecule has 0 radical (unpaired) electrons. The normalized spacial score (nSPS) is 9.70. The fraction of sp³-hybridized carbons (Fsp3) is 0.300. The van der Waals surface area contributed by atoms with Crippen molar-refractivity contribution < 1.29 is 48.8 Å². The van der Waals surface area contributed by atoms with E-state index >= 15 is 0 Å². The monoisotopic (exact) mass is 424 g/mol. The molecule has 142 valence electrons. The van der Waals surface area contributed by atoms with Gasteiger partial charge in [0.2, 0.25) is 0 Å². The second kappa shape index (κ2) is 12.1. The summed E-state index contributed by atoms with van der Waals surface area (Å²) in [6.45, 7) is 7.16. The van der Waals surface area contributed by atoms with Gasteiger partial charge in [-0.25, -0.2) is 9.59 Å². The van der Waals surface area contributed by atoms with Gasteiger partial charge >= 0.3 is 11.9 Å². The maximum absolute atomic E-state index is 11.3. The van der Waals surface area contributed by atoms with Gasteiger partial charge in [-0.3, -0.25) is 0 Å². The number of carbonyl (C=O) groups is 2. The van der Waals surface area contributed by atoms with E-state index in [-0.39, 0.29) is 55.1 Å². The zero-order valence-corrected chi connectivity index (χ0v) is 19.0. The minimum Gasteiger partial charge on any atom is -0.508 e. The van der Waals surface area contributed by atoms with Crippen molar-refractivity contribution in [2.45, 2.75) is 39.9 Å². The smallest absolute Gasteiger partial charge is 0.338 e. The number of aromatic hydroxyl groups is 2. The second-order valence-electron chi connectivity index (χ2n) is 6.00. The number of hydrogen-bond acceptors (Lipinski definition) is 6. The summed E-state index contributed by atoms with van der Waals surface area (Å²) >= 11 is 0. The van der Waals surface area contributed by atoms with E-state index < -0.39 is 0 Å². The first kappa shape index (κ1) is 24.6. The fourth-order valence-electron chi connectivity index (χ4n) is 1.76. The predicted molar refractivity (Wildman–Crippen MR) is 97.3 cm³/mol. The van der Waals surface area contributed by atoms with Crippen molar-refractivity contribution in [3.05, 3.63) is 59.7 Å². The molecular formula is C20H24O6Zn. The number of ether oxygens (including phenoxy) is 2. The first-order valence-corrected chi connectivity index (χ1v) is 8.19. The molecule has 0 unspecified atom stereocenters. The van der Waals surface area contributed by atoms with E-state index in [1.807, 2.05) is 0 Å². The van der Waals surface area contributed by atoms with Gasteiger partial charge in [0.15, 0.2) is 0 Å². The van der Waals surface area contributed by atoms with Crippen molar-refractivity contribution in [1.29, 1.82) is 0 Å². The Bertz CT molecular complexity index is 645. The number of carbonyl (C=O) groups excluding carboxylic acids is 2. The molecule has 7 heteroatoms. The van der Waals surface area contributed by atoms with Gasteiger partial charge in [0.1, 0.15) is 11.5 Å². The number of phenolic OH excluding ortho intramolecular Hbond substituents is 2. The van der Waals surface area contributed by atoms with E-state index in [2.05, 4.69) is 0 Å². The number of rotatable bonds is 4. The van der Waals surface area contributed by atoms with Crippen LogP contribution in [0.25, 0.3) is 0 Å². The first-order valence-electron chi connectivity index (χ1n) is 8.19. The second-order valence-corrected chi connectivity index (χ2v) is 6.00. The van der Waals surface area contributed by atoms with Gasteiger partial charge in [0, 0.05) is 19.5 Å². The molecule has 0 aliphatic heterocycles. The van der Waals surface area contributed by atoms with Crippen LogP contribution in [0.15, 0.2) is 48.5 Å². The van der Waals surface area contributed by atoms with Crippen LogP contribution in [0.3, 0.4) is 0 Å². The topological polar surface area (TPSA) is 93.1 Å². The minimum absolute atomic E-state index is 0. The van der Waals surface area contributed by atoms with Crippen LogP contribution in [0.2, 0.25) is 0 Å². The molecule has 0 aliphatic rings. The van der Waals surface area contributed by atoms with E-state index in [0.29, 0.717) is 11.1 Å². The molecule has 0 bridgehead atoms. The Morgan fingerprint density at radius 3 is 1.15 bits per heavy atom. The van der Waals surface area contributed by atoms with Crippen LogP contribution >= 0.6 is 0 Å². The zero-order chi connectivity index (χ0) is 19.7. The van der Waals surface area contributed by atoms with Crippen LogP contribution in [-0.4, -0.2) is 34.4 Å². The van der Waals surface area contributed by atoms with Crippen LogP contribution < -0.4 is 0 Å². The molecule has 6 nitrogen and oxygen atoms in total. The molecular weight excluding hydrogens is 402 g/mol. The average molecular weight is 426 g/mol. The van der Waals surface area contributed by atoms with Crippen molar-refractivity contribution in [1.82, 2.24) is 0 Å². The molecule has 0 saturated carbocycles. The summed E-state index contributed by atoms with van der Waals surface area (Å²) in [5.74, 6) is -0.452. The molecule has 0 atom stereocenters. The van der Waals surface area contributed by atoms with Crippen LogP contribution in [-0.2, 0) is 29.0 Å². The van der Waals surface area contributed by atoms with Gasteiger partial charge in [-0.05, 0) is 76.2 Å². The summed E-state index contributed by atoms with van der Waals surface area (Å²) in [6, 6.07) is 11.9. The average Bonchev–Trinajstić information content (AvgIpc) is 2.55. The number of esters is 2. The molecule has 0 spiro atoms. The van der Waals surface area contributed by atoms with E-state index in [1.54, 1.807) is 27.7 Å². The minimum atomic E-state index is -0.366. The number of hydrogen-bond donors (Lipinski definition) is 2. The Morgan fingerprint density at radius 1 is 0.667 bits per heavy atom. The molecule has 0 heterocycles. The molecule has 0 saturated heterocycles. The third kappa shape index (κ3) is 9.76. The number of phenols is 2. The molecule has 0 aliphatic carbocycles. The van der Waals surface area contributed by atoms with Crippen molar-refractivity contribution in [3.63, 3.8) is 0 Å². The Hall–Kier alpha value is -2.40. The van der Waals surface area contributed by atoms with Crippen molar-refractivity contribution in [3.8, 4) is 11.5 Å².